The molecule has 7 heteroatoms. The van der Waals surface area contributed by atoms with Gasteiger partial charge in [-0.1, -0.05) is 13.3 Å². The summed E-state index contributed by atoms with van der Waals surface area (Å²) in [5.74, 6) is 1.56. The number of aliphatic hydroxyl groups excluding tert-OH is 1. The van der Waals surface area contributed by atoms with Crippen LogP contribution < -0.4 is 20.1 Å². The first-order valence-electron chi connectivity index (χ1n) is 8.21. The van der Waals surface area contributed by atoms with E-state index in [1.54, 1.807) is 37.4 Å². The molecule has 2 amide bonds. The Morgan fingerprint density at radius 3 is 2.88 bits per heavy atom. The number of aliphatic hydroxyl groups is 1. The normalized spacial score (nSPS) is 11.6. The number of rotatable bonds is 9. The molecule has 0 radical (unpaired) electrons. The number of methoxy groups -OCH3 is 1. The van der Waals surface area contributed by atoms with Crippen LogP contribution in [0.2, 0.25) is 0 Å². The van der Waals surface area contributed by atoms with Gasteiger partial charge in [0.05, 0.1) is 32.2 Å². The van der Waals surface area contributed by atoms with Crippen molar-refractivity contribution in [2.24, 2.45) is 0 Å². The molecule has 2 rings (SSSR count). The molecule has 0 aliphatic heterocycles. The van der Waals surface area contributed by atoms with Gasteiger partial charge in [-0.3, -0.25) is 0 Å². The van der Waals surface area contributed by atoms with E-state index in [4.69, 9.17) is 13.9 Å². The zero-order valence-electron chi connectivity index (χ0n) is 14.5. The SMILES string of the molecule is CCCCOc1ccc(OC)cc1NC(=O)NCC(O)c1ccco1. The highest BCUT2D eigenvalue weighted by Crippen LogP contribution is 2.29. The number of urea groups is 1. The maximum absolute atomic E-state index is 12.1. The summed E-state index contributed by atoms with van der Waals surface area (Å²) in [7, 11) is 1.55. The van der Waals surface area contributed by atoms with Crippen molar-refractivity contribution < 1.29 is 23.8 Å². The second-order valence-corrected chi connectivity index (χ2v) is 5.43. The average Bonchev–Trinajstić information content (AvgIpc) is 3.15. The Labute approximate surface area is 146 Å². The first-order valence-corrected chi connectivity index (χ1v) is 8.21. The van der Waals surface area contributed by atoms with E-state index in [0.717, 1.165) is 12.8 Å². The number of furan rings is 1. The molecule has 1 atom stereocenters. The molecule has 136 valence electrons. The van der Waals surface area contributed by atoms with Gasteiger partial charge in [-0.2, -0.15) is 0 Å². The van der Waals surface area contributed by atoms with Crippen LogP contribution >= 0.6 is 0 Å². The molecule has 0 bridgehead atoms. The van der Waals surface area contributed by atoms with Gasteiger partial charge in [0.2, 0.25) is 0 Å². The van der Waals surface area contributed by atoms with Gasteiger partial charge < -0.3 is 29.6 Å². The predicted octanol–water partition coefficient (Wildman–Crippen LogP) is 3.32. The summed E-state index contributed by atoms with van der Waals surface area (Å²) in [6.45, 7) is 2.67. The van der Waals surface area contributed by atoms with Gasteiger partial charge in [0.15, 0.2) is 0 Å². The molecule has 1 unspecified atom stereocenters. The van der Waals surface area contributed by atoms with Crippen molar-refractivity contribution in [2.45, 2.75) is 25.9 Å². The van der Waals surface area contributed by atoms with Gasteiger partial charge in [-0.25, -0.2) is 4.79 Å². The van der Waals surface area contributed by atoms with Crippen LogP contribution in [-0.4, -0.2) is 31.4 Å². The number of carbonyl (C=O) groups is 1. The molecule has 3 N–H and O–H groups in total. The lowest BCUT2D eigenvalue weighted by Crippen LogP contribution is -2.32. The standard InChI is InChI=1S/C18H24N2O5/c1-3-4-9-24-16-8-7-13(23-2)11-14(16)20-18(22)19-12-15(21)17-6-5-10-25-17/h5-8,10-11,15,21H,3-4,9,12H2,1-2H3,(H2,19,20,22). The molecule has 0 saturated carbocycles. The molecule has 25 heavy (non-hydrogen) atoms. The summed E-state index contributed by atoms with van der Waals surface area (Å²) in [6.07, 6.45) is 2.50. The number of hydrogen-bond donors (Lipinski definition) is 3. The number of amides is 2. The average molecular weight is 348 g/mol. The number of hydrogen-bond acceptors (Lipinski definition) is 5. The first kappa shape index (κ1) is 18.7. The number of anilines is 1. The van der Waals surface area contributed by atoms with E-state index in [0.29, 0.717) is 29.6 Å². The van der Waals surface area contributed by atoms with E-state index in [2.05, 4.69) is 17.6 Å². The Balaban J connectivity index is 1.95. The topological polar surface area (TPSA) is 93.0 Å². The molecule has 7 nitrogen and oxygen atoms in total. The number of unbranched alkanes of at least 4 members (excludes halogenated alkanes) is 1. The molecule has 2 aromatic rings. The van der Waals surface area contributed by atoms with Gasteiger partial charge in [0.25, 0.3) is 0 Å². The first-order chi connectivity index (χ1) is 12.1. The number of carbonyl (C=O) groups excluding carboxylic acids is 1. The molecule has 1 aromatic heterocycles. The molecular weight excluding hydrogens is 324 g/mol. The molecule has 0 aliphatic carbocycles. The lowest BCUT2D eigenvalue weighted by Gasteiger charge is -2.15. The Morgan fingerprint density at radius 2 is 2.20 bits per heavy atom. The van der Waals surface area contributed by atoms with E-state index in [-0.39, 0.29) is 6.54 Å². The molecule has 1 heterocycles. The van der Waals surface area contributed by atoms with Crippen molar-refractivity contribution in [1.29, 1.82) is 0 Å². The Hall–Kier alpha value is -2.67. The van der Waals surface area contributed by atoms with E-state index >= 15 is 0 Å². The van der Waals surface area contributed by atoms with Crippen LogP contribution in [0.25, 0.3) is 0 Å². The van der Waals surface area contributed by atoms with Gasteiger partial charge in [-0.05, 0) is 30.7 Å². The van der Waals surface area contributed by atoms with Gasteiger partial charge >= 0.3 is 6.03 Å². The predicted molar refractivity (Wildman–Crippen MR) is 94.1 cm³/mol. The van der Waals surface area contributed by atoms with Gasteiger partial charge in [0.1, 0.15) is 23.4 Å². The molecule has 0 spiro atoms. The molecule has 0 saturated heterocycles. The third kappa shape index (κ3) is 5.72. The maximum atomic E-state index is 12.1. The van der Waals surface area contributed by atoms with Gasteiger partial charge in [-0.15, -0.1) is 0 Å². The van der Waals surface area contributed by atoms with Crippen LogP contribution in [0.1, 0.15) is 31.6 Å². The highest BCUT2D eigenvalue weighted by molar-refractivity contribution is 5.91. The zero-order chi connectivity index (χ0) is 18.1. The smallest absolute Gasteiger partial charge is 0.319 e. The van der Waals surface area contributed by atoms with Gasteiger partial charge in [0, 0.05) is 6.07 Å². The fourth-order valence-corrected chi connectivity index (χ4v) is 2.12. The van der Waals surface area contributed by atoms with Crippen LogP contribution in [0.15, 0.2) is 41.0 Å². The van der Waals surface area contributed by atoms with Crippen LogP contribution in [0.4, 0.5) is 10.5 Å². The van der Waals surface area contributed by atoms with Crippen molar-refractivity contribution in [3.05, 3.63) is 42.4 Å². The number of ether oxygens (including phenoxy) is 2. The fraction of sp³-hybridized carbons (Fsp3) is 0.389. The second-order valence-electron chi connectivity index (χ2n) is 5.43. The fourth-order valence-electron chi connectivity index (χ4n) is 2.12. The number of nitrogens with one attached hydrogen (secondary N) is 2. The summed E-state index contributed by atoms with van der Waals surface area (Å²) in [6, 6.07) is 8.07. The second kappa shape index (κ2) is 9.58. The van der Waals surface area contributed by atoms with E-state index in [9.17, 15) is 9.90 Å². The molecule has 0 aliphatic rings. The molecule has 0 fully saturated rings. The van der Waals surface area contributed by atoms with Crippen LogP contribution in [0.3, 0.4) is 0 Å². The third-order valence-corrected chi connectivity index (χ3v) is 3.52. The lowest BCUT2D eigenvalue weighted by molar-refractivity contribution is 0.149. The lowest BCUT2D eigenvalue weighted by atomic mass is 10.2. The highest BCUT2D eigenvalue weighted by Gasteiger charge is 2.14. The summed E-state index contributed by atoms with van der Waals surface area (Å²) in [5.41, 5.74) is 0.500. The minimum Gasteiger partial charge on any atom is -0.497 e. The van der Waals surface area contributed by atoms with Crippen molar-refractivity contribution in [1.82, 2.24) is 5.32 Å². The summed E-state index contributed by atoms with van der Waals surface area (Å²) in [5, 5.41) is 15.2. The largest absolute Gasteiger partial charge is 0.497 e. The minimum atomic E-state index is -0.911. The summed E-state index contributed by atoms with van der Waals surface area (Å²) in [4.78, 5) is 12.1. The Morgan fingerprint density at radius 1 is 1.36 bits per heavy atom. The van der Waals surface area contributed by atoms with E-state index in [1.165, 1.54) is 6.26 Å². The van der Waals surface area contributed by atoms with Crippen molar-refractivity contribution in [3.63, 3.8) is 0 Å². The van der Waals surface area contributed by atoms with Crippen molar-refractivity contribution in [2.75, 3.05) is 25.6 Å². The summed E-state index contributed by atoms with van der Waals surface area (Å²) < 4.78 is 16.0. The number of benzene rings is 1. The van der Waals surface area contributed by atoms with Crippen molar-refractivity contribution in [3.8, 4) is 11.5 Å². The quantitative estimate of drug-likeness (QED) is 0.605. The van der Waals surface area contributed by atoms with E-state index < -0.39 is 12.1 Å². The Kier molecular flexibility index (Phi) is 7.16. The van der Waals surface area contributed by atoms with Crippen LogP contribution in [0.5, 0.6) is 11.5 Å². The third-order valence-electron chi connectivity index (χ3n) is 3.52. The van der Waals surface area contributed by atoms with E-state index in [1.807, 2.05) is 0 Å². The van der Waals surface area contributed by atoms with Crippen molar-refractivity contribution >= 4 is 11.7 Å². The highest BCUT2D eigenvalue weighted by atomic mass is 16.5. The Bertz CT molecular complexity index is 657. The van der Waals surface area contributed by atoms with Crippen LogP contribution in [-0.2, 0) is 0 Å². The maximum Gasteiger partial charge on any atom is 0.319 e. The monoisotopic (exact) mass is 348 g/mol. The van der Waals surface area contributed by atoms with Crippen LogP contribution in [0, 0.1) is 0 Å². The molecule has 1 aromatic carbocycles. The zero-order valence-corrected chi connectivity index (χ0v) is 14.5. The molecular formula is C18H24N2O5. The minimum absolute atomic E-state index is 0.0232. The summed E-state index contributed by atoms with van der Waals surface area (Å²) >= 11 is 0.